The normalized spacial score (nSPS) is 16.2. The minimum atomic E-state index is -0.0461. The molecule has 1 aliphatic heterocycles. The van der Waals surface area contributed by atoms with E-state index in [-0.39, 0.29) is 5.56 Å². The second-order valence-electron chi connectivity index (χ2n) is 8.60. The second kappa shape index (κ2) is 10.4. The van der Waals surface area contributed by atoms with Crippen molar-refractivity contribution in [2.75, 3.05) is 25.0 Å². The van der Waals surface area contributed by atoms with E-state index in [4.69, 9.17) is 5.41 Å². The molecule has 5 nitrogen and oxygen atoms in total. The Morgan fingerprint density at radius 1 is 1.06 bits per heavy atom. The maximum atomic E-state index is 12.8. The van der Waals surface area contributed by atoms with Gasteiger partial charge in [-0.3, -0.25) is 14.3 Å². The molecule has 0 aliphatic carbocycles. The lowest BCUT2D eigenvalue weighted by Gasteiger charge is -2.21. The van der Waals surface area contributed by atoms with Crippen LogP contribution in [0.25, 0.3) is 5.69 Å². The smallest absolute Gasteiger partial charge is 0.255 e. The van der Waals surface area contributed by atoms with Gasteiger partial charge in [0.15, 0.2) is 0 Å². The maximum Gasteiger partial charge on any atom is 0.255 e. The Morgan fingerprint density at radius 3 is 2.59 bits per heavy atom. The number of aryl methyl sites for hydroxylation is 2. The Kier molecular flexibility index (Phi) is 7.17. The third-order valence-electron chi connectivity index (χ3n) is 6.40. The summed E-state index contributed by atoms with van der Waals surface area (Å²) in [6, 6.07) is 20.5. The van der Waals surface area contributed by atoms with Crippen molar-refractivity contribution in [3.63, 3.8) is 0 Å². The van der Waals surface area contributed by atoms with Gasteiger partial charge in [-0.1, -0.05) is 30.3 Å². The van der Waals surface area contributed by atoms with Crippen LogP contribution in [0.4, 0.5) is 5.69 Å². The van der Waals surface area contributed by atoms with Crippen LogP contribution in [0.15, 0.2) is 71.7 Å². The average molecular weight is 429 g/mol. The summed E-state index contributed by atoms with van der Waals surface area (Å²) in [7, 11) is 0. The molecule has 0 bridgehead atoms. The summed E-state index contributed by atoms with van der Waals surface area (Å²) >= 11 is 0. The predicted molar refractivity (Wildman–Crippen MR) is 133 cm³/mol. The molecule has 1 saturated heterocycles. The third-order valence-corrected chi connectivity index (χ3v) is 6.40. The zero-order valence-corrected chi connectivity index (χ0v) is 18.8. The van der Waals surface area contributed by atoms with E-state index < -0.39 is 0 Å². The van der Waals surface area contributed by atoms with Crippen molar-refractivity contribution in [3.8, 4) is 5.69 Å². The third kappa shape index (κ3) is 5.35. The molecule has 166 valence electrons. The van der Waals surface area contributed by atoms with Crippen molar-refractivity contribution in [1.82, 2.24) is 9.47 Å². The standard InChI is InChI=1S/C27H32N4O/c1-21-6-5-15-30(21)17-14-29-26-12-11-25(19-24(26)20-28)31-16-13-23(18-27(31)32)10-9-22-7-3-2-4-8-22/h2-4,7-8,11-13,16,18-21,28-29H,5-6,9-10,14-15,17H2,1H3. The summed E-state index contributed by atoms with van der Waals surface area (Å²) < 4.78 is 1.65. The fraction of sp³-hybridized carbons (Fsp3) is 0.333. The molecule has 1 unspecified atom stereocenters. The number of rotatable bonds is 9. The highest BCUT2D eigenvalue weighted by molar-refractivity contribution is 5.86. The molecule has 1 fully saturated rings. The lowest BCUT2D eigenvalue weighted by Crippen LogP contribution is -2.31. The van der Waals surface area contributed by atoms with E-state index in [0.717, 1.165) is 48.4 Å². The minimum absolute atomic E-state index is 0.0461. The lowest BCUT2D eigenvalue weighted by molar-refractivity contribution is 0.279. The first-order valence-corrected chi connectivity index (χ1v) is 11.5. The SMILES string of the molecule is CC1CCCN1CCNc1ccc(-n2ccc(CCc3ccccc3)cc2=O)cc1C=N. The van der Waals surface area contributed by atoms with Gasteiger partial charge in [-0.2, -0.15) is 0 Å². The first-order chi connectivity index (χ1) is 15.6. The number of nitrogens with zero attached hydrogens (tertiary/aromatic N) is 2. The summed E-state index contributed by atoms with van der Waals surface area (Å²) in [5.74, 6) is 0. The molecule has 2 heterocycles. The lowest BCUT2D eigenvalue weighted by atomic mass is 10.1. The largest absolute Gasteiger partial charge is 0.383 e. The topological polar surface area (TPSA) is 61.1 Å². The molecule has 5 heteroatoms. The van der Waals surface area contributed by atoms with Crippen LogP contribution < -0.4 is 10.9 Å². The highest BCUT2D eigenvalue weighted by Gasteiger charge is 2.19. The molecule has 32 heavy (non-hydrogen) atoms. The van der Waals surface area contributed by atoms with Gasteiger partial charge in [0, 0.05) is 54.5 Å². The van der Waals surface area contributed by atoms with Crippen LogP contribution in [-0.4, -0.2) is 41.4 Å². The molecule has 1 aliphatic rings. The van der Waals surface area contributed by atoms with E-state index >= 15 is 0 Å². The Bertz CT molecular complexity index is 1110. The van der Waals surface area contributed by atoms with Crippen LogP contribution in [0.5, 0.6) is 0 Å². The minimum Gasteiger partial charge on any atom is -0.383 e. The second-order valence-corrected chi connectivity index (χ2v) is 8.60. The summed E-state index contributed by atoms with van der Waals surface area (Å²) in [5.41, 5.74) is 4.77. The highest BCUT2D eigenvalue weighted by Crippen LogP contribution is 2.19. The molecule has 0 amide bonds. The number of likely N-dealkylation sites (tertiary alicyclic amines) is 1. The van der Waals surface area contributed by atoms with Crippen molar-refractivity contribution in [3.05, 3.63) is 93.9 Å². The number of hydrogen-bond acceptors (Lipinski definition) is 4. The zero-order valence-electron chi connectivity index (χ0n) is 18.8. The Hall–Kier alpha value is -3.18. The monoisotopic (exact) mass is 428 g/mol. The fourth-order valence-corrected chi connectivity index (χ4v) is 4.46. The Morgan fingerprint density at radius 2 is 1.88 bits per heavy atom. The van der Waals surface area contributed by atoms with Gasteiger partial charge in [0.25, 0.3) is 5.56 Å². The van der Waals surface area contributed by atoms with Gasteiger partial charge in [-0.05, 0) is 74.5 Å². The molecule has 1 atom stereocenters. The fourth-order valence-electron chi connectivity index (χ4n) is 4.46. The van der Waals surface area contributed by atoms with Crippen LogP contribution in [0, 0.1) is 5.41 Å². The molecule has 0 spiro atoms. The van der Waals surface area contributed by atoms with Crippen LogP contribution in [-0.2, 0) is 12.8 Å². The number of benzene rings is 2. The quantitative estimate of drug-likeness (QED) is 0.493. The van der Waals surface area contributed by atoms with Crippen molar-refractivity contribution in [2.24, 2.45) is 0 Å². The van der Waals surface area contributed by atoms with Crippen LogP contribution in [0.1, 0.15) is 36.5 Å². The molecule has 4 rings (SSSR count). The van der Waals surface area contributed by atoms with Gasteiger partial charge in [0.1, 0.15) is 0 Å². The van der Waals surface area contributed by atoms with E-state index in [0.29, 0.717) is 6.04 Å². The van der Waals surface area contributed by atoms with Gasteiger partial charge in [0.05, 0.1) is 0 Å². The van der Waals surface area contributed by atoms with E-state index in [1.165, 1.54) is 31.2 Å². The first kappa shape index (κ1) is 22.0. The van der Waals surface area contributed by atoms with E-state index in [1.54, 1.807) is 10.6 Å². The molecular formula is C27H32N4O. The van der Waals surface area contributed by atoms with Gasteiger partial charge in [-0.15, -0.1) is 0 Å². The van der Waals surface area contributed by atoms with E-state index in [9.17, 15) is 4.79 Å². The van der Waals surface area contributed by atoms with Crippen molar-refractivity contribution in [1.29, 1.82) is 5.41 Å². The van der Waals surface area contributed by atoms with Gasteiger partial charge >= 0.3 is 0 Å². The molecular weight excluding hydrogens is 396 g/mol. The Balaban J connectivity index is 1.42. The zero-order chi connectivity index (χ0) is 22.3. The van der Waals surface area contributed by atoms with E-state index in [2.05, 4.69) is 29.3 Å². The molecule has 2 N–H and O–H groups in total. The van der Waals surface area contributed by atoms with Crippen LogP contribution >= 0.6 is 0 Å². The first-order valence-electron chi connectivity index (χ1n) is 11.5. The van der Waals surface area contributed by atoms with Crippen molar-refractivity contribution >= 4 is 11.9 Å². The molecule has 0 radical (unpaired) electrons. The van der Waals surface area contributed by atoms with Crippen molar-refractivity contribution in [2.45, 2.75) is 38.6 Å². The average Bonchev–Trinajstić information content (AvgIpc) is 3.23. The van der Waals surface area contributed by atoms with Gasteiger partial charge in [0.2, 0.25) is 0 Å². The summed E-state index contributed by atoms with van der Waals surface area (Å²) in [6.45, 7) is 5.31. The summed E-state index contributed by atoms with van der Waals surface area (Å²) in [5, 5.41) is 11.3. The number of nitrogens with one attached hydrogen (secondary N) is 2. The maximum absolute atomic E-state index is 12.8. The predicted octanol–water partition coefficient (Wildman–Crippen LogP) is 4.52. The van der Waals surface area contributed by atoms with Crippen LogP contribution in [0.2, 0.25) is 0 Å². The van der Waals surface area contributed by atoms with Gasteiger partial charge < -0.3 is 10.7 Å². The number of anilines is 1. The van der Waals surface area contributed by atoms with E-state index in [1.807, 2.05) is 48.7 Å². The number of pyridine rings is 1. The summed E-state index contributed by atoms with van der Waals surface area (Å²) in [6.07, 6.45) is 7.50. The molecule has 2 aromatic carbocycles. The molecule has 0 saturated carbocycles. The Labute approximate surface area is 190 Å². The van der Waals surface area contributed by atoms with Crippen molar-refractivity contribution < 1.29 is 0 Å². The number of aromatic nitrogens is 1. The highest BCUT2D eigenvalue weighted by atomic mass is 16.1. The molecule has 1 aromatic heterocycles. The molecule has 3 aromatic rings. The number of hydrogen-bond donors (Lipinski definition) is 2. The van der Waals surface area contributed by atoms with Crippen LogP contribution in [0.3, 0.4) is 0 Å². The summed E-state index contributed by atoms with van der Waals surface area (Å²) in [4.78, 5) is 15.3. The van der Waals surface area contributed by atoms with Gasteiger partial charge in [-0.25, -0.2) is 0 Å².